The molecule has 0 spiro atoms. The van der Waals surface area contributed by atoms with Gasteiger partial charge in [0.25, 0.3) is 0 Å². The molecule has 0 unspecified atom stereocenters. The van der Waals surface area contributed by atoms with E-state index >= 15 is 0 Å². The summed E-state index contributed by atoms with van der Waals surface area (Å²) in [5.41, 5.74) is 2.62. The summed E-state index contributed by atoms with van der Waals surface area (Å²) in [7, 11) is 0. The number of hydrogen-bond acceptors (Lipinski definition) is 6. The van der Waals surface area contributed by atoms with Gasteiger partial charge in [-0.05, 0) is 28.2 Å². The summed E-state index contributed by atoms with van der Waals surface area (Å²) >= 11 is 0. The number of hydrogen-bond donors (Lipinski definition) is 0. The van der Waals surface area contributed by atoms with Crippen molar-refractivity contribution >= 4 is 5.82 Å². The van der Waals surface area contributed by atoms with Gasteiger partial charge >= 0.3 is 11.8 Å². The topological polar surface area (TPSA) is 92.3 Å². The minimum absolute atomic E-state index is 0.222. The van der Waals surface area contributed by atoms with Gasteiger partial charge < -0.3 is 19.6 Å². The Morgan fingerprint density at radius 1 is 1.33 bits per heavy atom. The van der Waals surface area contributed by atoms with Crippen molar-refractivity contribution in [2.24, 2.45) is 0 Å². The molecule has 1 atom stereocenters. The minimum Gasteiger partial charge on any atom is -0.443 e. The van der Waals surface area contributed by atoms with Crippen LogP contribution in [0, 0.1) is 16.1 Å². The van der Waals surface area contributed by atoms with Gasteiger partial charge in [0.1, 0.15) is 18.9 Å². The number of nitro groups is 1. The monoisotopic (exact) mass is 370 g/mol. The first-order chi connectivity index (χ1) is 13.1. The first kappa shape index (κ1) is 17.1. The van der Waals surface area contributed by atoms with Crippen LogP contribution in [0.1, 0.15) is 5.56 Å². The maximum atomic E-state index is 13.1. The number of ether oxygens (including phenoxy) is 2. The van der Waals surface area contributed by atoms with Gasteiger partial charge in [-0.1, -0.05) is 24.3 Å². The van der Waals surface area contributed by atoms with Gasteiger partial charge in [-0.25, -0.2) is 4.98 Å². The Balaban J connectivity index is 1.46. The quantitative estimate of drug-likeness (QED) is 0.389. The predicted octanol–water partition coefficient (Wildman–Crippen LogP) is 2.97. The van der Waals surface area contributed by atoms with Crippen LogP contribution in [0.15, 0.2) is 48.8 Å². The van der Waals surface area contributed by atoms with E-state index in [-0.39, 0.29) is 24.5 Å². The molecule has 1 aliphatic rings. The van der Waals surface area contributed by atoms with Crippen molar-refractivity contribution < 1.29 is 18.8 Å². The zero-order chi connectivity index (χ0) is 18.8. The highest BCUT2D eigenvalue weighted by Gasteiger charge is 2.28. The molecule has 0 radical (unpaired) electrons. The molecule has 1 aromatic carbocycles. The number of rotatable bonds is 5. The molecule has 27 heavy (non-hydrogen) atoms. The normalized spacial score (nSPS) is 15.8. The third-order valence-electron chi connectivity index (χ3n) is 4.24. The summed E-state index contributed by atoms with van der Waals surface area (Å²) in [4.78, 5) is 17.8. The van der Waals surface area contributed by atoms with Crippen LogP contribution in [-0.2, 0) is 17.9 Å². The van der Waals surface area contributed by atoms with Crippen molar-refractivity contribution in [2.75, 3.05) is 6.61 Å². The summed E-state index contributed by atoms with van der Waals surface area (Å²) < 4.78 is 26.0. The van der Waals surface area contributed by atoms with E-state index in [4.69, 9.17) is 9.47 Å². The van der Waals surface area contributed by atoms with Crippen molar-refractivity contribution in [3.8, 4) is 17.1 Å². The fourth-order valence-corrected chi connectivity index (χ4v) is 2.93. The van der Waals surface area contributed by atoms with Gasteiger partial charge in [-0.15, -0.1) is 0 Å². The molecule has 0 aliphatic carbocycles. The lowest BCUT2D eigenvalue weighted by Crippen LogP contribution is -2.32. The lowest BCUT2D eigenvalue weighted by atomic mass is 10.0. The molecule has 0 saturated carbocycles. The molecular weight excluding hydrogens is 355 g/mol. The second-order valence-corrected chi connectivity index (χ2v) is 6.06. The Labute approximate surface area is 153 Å². The number of aromatic nitrogens is 3. The van der Waals surface area contributed by atoms with Crippen LogP contribution >= 0.6 is 0 Å². The molecule has 0 bridgehead atoms. The van der Waals surface area contributed by atoms with E-state index in [1.807, 2.05) is 24.3 Å². The summed E-state index contributed by atoms with van der Waals surface area (Å²) in [6.45, 7) is 0.985. The zero-order valence-corrected chi connectivity index (χ0v) is 14.1. The Hall–Kier alpha value is -3.33. The standard InChI is InChI=1S/C18H15FN4O4/c19-16-6-5-12(7-20-16)15-4-2-1-3-13(15)10-26-14-8-22-9-17(23(24)25)21-18(22)27-11-14/h1-7,9,14H,8,10-11H2/t14-/m0/s1. The number of halogens is 1. The molecule has 0 fully saturated rings. The van der Waals surface area contributed by atoms with Crippen LogP contribution in [-0.4, -0.2) is 32.2 Å². The van der Waals surface area contributed by atoms with E-state index in [9.17, 15) is 14.5 Å². The van der Waals surface area contributed by atoms with Crippen LogP contribution in [0.4, 0.5) is 10.2 Å². The van der Waals surface area contributed by atoms with Crippen LogP contribution in [0.5, 0.6) is 6.01 Å². The fraction of sp³-hybridized carbons (Fsp3) is 0.222. The molecule has 3 heterocycles. The van der Waals surface area contributed by atoms with E-state index < -0.39 is 10.9 Å². The average molecular weight is 370 g/mol. The summed E-state index contributed by atoms with van der Waals surface area (Å²) in [5, 5.41) is 10.8. The molecule has 3 aromatic rings. The molecule has 8 nitrogen and oxygen atoms in total. The van der Waals surface area contributed by atoms with Crippen molar-refractivity contribution in [2.45, 2.75) is 19.3 Å². The van der Waals surface area contributed by atoms with Gasteiger partial charge in [0.15, 0.2) is 0 Å². The SMILES string of the molecule is O=[N+]([O-])c1cn2c(n1)OC[C@@H](OCc1ccccc1-c1ccc(F)nc1)C2. The van der Waals surface area contributed by atoms with Crippen LogP contribution in [0.2, 0.25) is 0 Å². The molecule has 138 valence electrons. The third-order valence-corrected chi connectivity index (χ3v) is 4.24. The van der Waals surface area contributed by atoms with E-state index in [0.29, 0.717) is 13.2 Å². The van der Waals surface area contributed by atoms with Crippen molar-refractivity contribution in [3.05, 3.63) is 70.4 Å². The minimum atomic E-state index is -0.558. The number of pyridine rings is 1. The fourth-order valence-electron chi connectivity index (χ4n) is 2.93. The van der Waals surface area contributed by atoms with Gasteiger partial charge in [-0.3, -0.25) is 4.57 Å². The van der Waals surface area contributed by atoms with Crippen molar-refractivity contribution in [1.82, 2.24) is 14.5 Å². The summed E-state index contributed by atoms with van der Waals surface area (Å²) in [6.07, 6.45) is 2.54. The molecule has 0 saturated heterocycles. The molecule has 0 N–H and O–H groups in total. The predicted molar refractivity (Wildman–Crippen MR) is 92.6 cm³/mol. The third kappa shape index (κ3) is 3.63. The highest BCUT2D eigenvalue weighted by atomic mass is 19.1. The Kier molecular flexibility index (Phi) is 4.51. The van der Waals surface area contributed by atoms with Crippen molar-refractivity contribution in [1.29, 1.82) is 0 Å². The highest BCUT2D eigenvalue weighted by molar-refractivity contribution is 5.66. The highest BCUT2D eigenvalue weighted by Crippen LogP contribution is 2.26. The second kappa shape index (κ2) is 7.12. The molecule has 9 heteroatoms. The summed E-state index contributed by atoms with van der Waals surface area (Å²) in [5.74, 6) is -0.781. The first-order valence-corrected chi connectivity index (χ1v) is 8.26. The number of benzene rings is 1. The number of nitrogens with zero attached hydrogens (tertiary/aromatic N) is 4. The largest absolute Gasteiger partial charge is 0.443 e. The van der Waals surface area contributed by atoms with Crippen LogP contribution < -0.4 is 4.74 Å². The van der Waals surface area contributed by atoms with Crippen LogP contribution in [0.3, 0.4) is 0 Å². The number of imidazole rings is 1. The lowest BCUT2D eigenvalue weighted by Gasteiger charge is -2.23. The molecule has 2 aromatic heterocycles. The lowest BCUT2D eigenvalue weighted by molar-refractivity contribution is -0.389. The second-order valence-electron chi connectivity index (χ2n) is 6.06. The van der Waals surface area contributed by atoms with Gasteiger partial charge in [0.2, 0.25) is 5.95 Å². The maximum Gasteiger partial charge on any atom is 0.414 e. The van der Waals surface area contributed by atoms with Gasteiger partial charge in [-0.2, -0.15) is 4.39 Å². The van der Waals surface area contributed by atoms with E-state index in [1.165, 1.54) is 18.5 Å². The summed E-state index contributed by atoms with van der Waals surface area (Å²) in [6, 6.07) is 10.8. The average Bonchev–Trinajstić information content (AvgIpc) is 3.11. The molecule has 0 amide bonds. The zero-order valence-electron chi connectivity index (χ0n) is 14.1. The Morgan fingerprint density at radius 3 is 2.96 bits per heavy atom. The number of fused-ring (bicyclic) bond motifs is 1. The Bertz CT molecular complexity index is 974. The van der Waals surface area contributed by atoms with Gasteiger partial charge in [0, 0.05) is 16.7 Å². The molecular formula is C18H15FN4O4. The van der Waals surface area contributed by atoms with E-state index in [1.54, 1.807) is 10.6 Å². The van der Waals surface area contributed by atoms with E-state index in [2.05, 4.69) is 9.97 Å². The maximum absolute atomic E-state index is 13.1. The van der Waals surface area contributed by atoms with Crippen molar-refractivity contribution in [3.63, 3.8) is 0 Å². The Morgan fingerprint density at radius 2 is 2.19 bits per heavy atom. The van der Waals surface area contributed by atoms with Crippen LogP contribution in [0.25, 0.3) is 11.1 Å². The van der Waals surface area contributed by atoms with Gasteiger partial charge in [0.05, 0.1) is 13.2 Å². The smallest absolute Gasteiger partial charge is 0.414 e. The molecule has 1 aliphatic heterocycles. The molecule has 4 rings (SSSR count). The van der Waals surface area contributed by atoms with E-state index in [0.717, 1.165) is 16.7 Å². The first-order valence-electron chi connectivity index (χ1n) is 8.26.